The summed E-state index contributed by atoms with van der Waals surface area (Å²) in [6.45, 7) is 1.19. The zero-order valence-corrected chi connectivity index (χ0v) is 15.5. The molecule has 3 aromatic rings. The number of rotatable bonds is 8. The van der Waals surface area contributed by atoms with Crippen LogP contribution in [0.4, 0.5) is 5.69 Å². The average molecular weight is 374 g/mol. The molecule has 5 nitrogen and oxygen atoms in total. The zero-order valence-electron chi connectivity index (χ0n) is 15.5. The smallest absolute Gasteiger partial charge is 0.255 e. The Morgan fingerprint density at radius 1 is 1.00 bits per heavy atom. The number of ether oxygens (including phenoxy) is 2. The van der Waals surface area contributed by atoms with Crippen LogP contribution in [-0.4, -0.2) is 17.5 Å². The van der Waals surface area contributed by atoms with Gasteiger partial charge in [0.1, 0.15) is 18.1 Å². The van der Waals surface area contributed by atoms with Gasteiger partial charge in [-0.05, 0) is 61.2 Å². The standard InChI is InChI=1S/C23H22N2O3/c26-23(19-8-10-21(11-9-19)27-15-17-6-7-17)25-20-4-1-5-22(13-20)28-16-18-3-2-12-24-14-18/h1-5,8-14,17H,6-7,15-16H2,(H,25,26). The highest BCUT2D eigenvalue weighted by molar-refractivity contribution is 6.04. The summed E-state index contributed by atoms with van der Waals surface area (Å²) in [7, 11) is 0. The summed E-state index contributed by atoms with van der Waals surface area (Å²) in [6.07, 6.45) is 6.01. The molecule has 0 atom stereocenters. The van der Waals surface area contributed by atoms with Gasteiger partial charge in [-0.3, -0.25) is 9.78 Å². The molecule has 1 aliphatic carbocycles. The summed E-state index contributed by atoms with van der Waals surface area (Å²) >= 11 is 0. The highest BCUT2D eigenvalue weighted by Crippen LogP contribution is 2.29. The van der Waals surface area contributed by atoms with E-state index in [1.807, 2.05) is 42.5 Å². The minimum atomic E-state index is -0.168. The van der Waals surface area contributed by atoms with E-state index < -0.39 is 0 Å². The fourth-order valence-electron chi connectivity index (χ4n) is 2.72. The first kappa shape index (κ1) is 18.0. The topological polar surface area (TPSA) is 60.5 Å². The molecule has 4 rings (SSSR count). The molecule has 0 aliphatic heterocycles. The minimum Gasteiger partial charge on any atom is -0.493 e. The predicted octanol–water partition coefficient (Wildman–Crippen LogP) is 4.70. The third-order valence-electron chi connectivity index (χ3n) is 4.52. The van der Waals surface area contributed by atoms with Crippen molar-refractivity contribution in [3.05, 3.63) is 84.2 Å². The third kappa shape index (κ3) is 5.10. The van der Waals surface area contributed by atoms with E-state index in [4.69, 9.17) is 9.47 Å². The molecular formula is C23H22N2O3. The number of nitrogens with one attached hydrogen (secondary N) is 1. The number of amides is 1. The highest BCUT2D eigenvalue weighted by atomic mass is 16.5. The molecule has 0 bridgehead atoms. The quantitative estimate of drug-likeness (QED) is 0.621. The number of hydrogen-bond donors (Lipinski definition) is 1. The number of aromatic nitrogens is 1. The Morgan fingerprint density at radius 2 is 1.86 bits per heavy atom. The molecule has 1 N–H and O–H groups in total. The van der Waals surface area contributed by atoms with Crippen LogP contribution in [0.15, 0.2) is 73.1 Å². The van der Waals surface area contributed by atoms with E-state index in [1.54, 1.807) is 30.6 Å². The van der Waals surface area contributed by atoms with Gasteiger partial charge in [0.2, 0.25) is 0 Å². The summed E-state index contributed by atoms with van der Waals surface area (Å²) in [5.41, 5.74) is 2.25. The van der Waals surface area contributed by atoms with E-state index in [9.17, 15) is 4.79 Å². The molecule has 0 saturated heterocycles. The van der Waals surface area contributed by atoms with Crippen molar-refractivity contribution in [3.8, 4) is 11.5 Å². The van der Waals surface area contributed by atoms with Gasteiger partial charge in [-0.15, -0.1) is 0 Å². The average Bonchev–Trinajstić information content (AvgIpc) is 3.57. The second-order valence-corrected chi connectivity index (χ2v) is 6.91. The lowest BCUT2D eigenvalue weighted by molar-refractivity contribution is 0.102. The van der Waals surface area contributed by atoms with E-state index in [1.165, 1.54) is 12.8 Å². The number of pyridine rings is 1. The van der Waals surface area contributed by atoms with Crippen LogP contribution < -0.4 is 14.8 Å². The Balaban J connectivity index is 1.33. The van der Waals surface area contributed by atoms with Crippen molar-refractivity contribution < 1.29 is 14.3 Å². The first-order chi connectivity index (χ1) is 13.8. The highest BCUT2D eigenvalue weighted by Gasteiger charge is 2.21. The number of nitrogens with zero attached hydrogens (tertiary/aromatic N) is 1. The van der Waals surface area contributed by atoms with Crippen LogP contribution >= 0.6 is 0 Å². The predicted molar refractivity (Wildman–Crippen MR) is 108 cm³/mol. The van der Waals surface area contributed by atoms with Gasteiger partial charge in [0, 0.05) is 35.3 Å². The zero-order chi connectivity index (χ0) is 19.2. The first-order valence-electron chi connectivity index (χ1n) is 9.42. The van der Waals surface area contributed by atoms with Crippen LogP contribution in [0.2, 0.25) is 0 Å². The van der Waals surface area contributed by atoms with Crippen LogP contribution in [0, 0.1) is 5.92 Å². The van der Waals surface area contributed by atoms with Crippen LogP contribution in [0.5, 0.6) is 11.5 Å². The van der Waals surface area contributed by atoms with Crippen LogP contribution in [-0.2, 0) is 6.61 Å². The molecule has 1 aromatic heterocycles. The fourth-order valence-corrected chi connectivity index (χ4v) is 2.72. The minimum absolute atomic E-state index is 0.168. The van der Waals surface area contributed by atoms with E-state index in [-0.39, 0.29) is 5.91 Å². The summed E-state index contributed by atoms with van der Waals surface area (Å²) < 4.78 is 11.5. The van der Waals surface area contributed by atoms with Crippen molar-refractivity contribution in [2.75, 3.05) is 11.9 Å². The van der Waals surface area contributed by atoms with E-state index in [2.05, 4.69) is 10.3 Å². The number of anilines is 1. The van der Waals surface area contributed by atoms with Crippen LogP contribution in [0.25, 0.3) is 0 Å². The van der Waals surface area contributed by atoms with Gasteiger partial charge in [0.05, 0.1) is 6.61 Å². The maximum atomic E-state index is 12.5. The SMILES string of the molecule is O=C(Nc1cccc(OCc2cccnc2)c1)c1ccc(OCC2CC2)cc1. The van der Waals surface area contributed by atoms with Crippen molar-refractivity contribution in [1.29, 1.82) is 0 Å². The Hall–Kier alpha value is -3.34. The lowest BCUT2D eigenvalue weighted by Gasteiger charge is -2.10. The molecule has 2 aromatic carbocycles. The largest absolute Gasteiger partial charge is 0.493 e. The molecular weight excluding hydrogens is 352 g/mol. The van der Waals surface area contributed by atoms with Crippen molar-refractivity contribution in [2.45, 2.75) is 19.4 Å². The van der Waals surface area contributed by atoms with Gasteiger partial charge >= 0.3 is 0 Å². The summed E-state index contributed by atoms with van der Waals surface area (Å²) in [5, 5.41) is 2.90. The molecule has 28 heavy (non-hydrogen) atoms. The molecule has 5 heteroatoms. The lowest BCUT2D eigenvalue weighted by Crippen LogP contribution is -2.12. The van der Waals surface area contributed by atoms with Gasteiger partial charge < -0.3 is 14.8 Å². The monoisotopic (exact) mass is 374 g/mol. The van der Waals surface area contributed by atoms with E-state index in [0.29, 0.717) is 29.5 Å². The Morgan fingerprint density at radius 3 is 2.61 bits per heavy atom. The molecule has 1 fully saturated rings. The molecule has 0 radical (unpaired) electrons. The number of carbonyl (C=O) groups is 1. The van der Waals surface area contributed by atoms with Gasteiger partial charge in [0.25, 0.3) is 5.91 Å². The molecule has 1 heterocycles. The van der Waals surface area contributed by atoms with Crippen LogP contribution in [0.1, 0.15) is 28.8 Å². The molecule has 0 spiro atoms. The van der Waals surface area contributed by atoms with Gasteiger partial charge in [-0.25, -0.2) is 0 Å². The maximum absolute atomic E-state index is 12.5. The number of hydrogen-bond acceptors (Lipinski definition) is 4. The Kier molecular flexibility index (Phi) is 5.52. The second kappa shape index (κ2) is 8.57. The molecule has 0 unspecified atom stereocenters. The summed E-state index contributed by atoms with van der Waals surface area (Å²) in [4.78, 5) is 16.6. The maximum Gasteiger partial charge on any atom is 0.255 e. The van der Waals surface area contributed by atoms with E-state index >= 15 is 0 Å². The molecule has 142 valence electrons. The number of carbonyl (C=O) groups excluding carboxylic acids is 1. The normalized spacial score (nSPS) is 13.0. The fraction of sp³-hybridized carbons (Fsp3) is 0.217. The van der Waals surface area contributed by atoms with E-state index in [0.717, 1.165) is 17.9 Å². The van der Waals surface area contributed by atoms with Crippen molar-refractivity contribution in [1.82, 2.24) is 4.98 Å². The molecule has 1 aliphatic rings. The van der Waals surface area contributed by atoms with Crippen molar-refractivity contribution >= 4 is 11.6 Å². The second-order valence-electron chi connectivity index (χ2n) is 6.91. The van der Waals surface area contributed by atoms with Gasteiger partial charge in [-0.2, -0.15) is 0 Å². The summed E-state index contributed by atoms with van der Waals surface area (Å²) in [6, 6.07) is 18.4. The van der Waals surface area contributed by atoms with Gasteiger partial charge in [-0.1, -0.05) is 12.1 Å². The Labute approximate surface area is 164 Å². The summed E-state index contributed by atoms with van der Waals surface area (Å²) in [5.74, 6) is 2.02. The lowest BCUT2D eigenvalue weighted by atomic mass is 10.2. The number of benzene rings is 2. The Bertz CT molecular complexity index is 922. The first-order valence-corrected chi connectivity index (χ1v) is 9.42. The van der Waals surface area contributed by atoms with Gasteiger partial charge in [0.15, 0.2) is 0 Å². The van der Waals surface area contributed by atoms with Crippen molar-refractivity contribution in [2.24, 2.45) is 5.92 Å². The van der Waals surface area contributed by atoms with Crippen LogP contribution in [0.3, 0.4) is 0 Å². The van der Waals surface area contributed by atoms with Crippen molar-refractivity contribution in [3.63, 3.8) is 0 Å². The third-order valence-corrected chi connectivity index (χ3v) is 4.52. The molecule has 1 amide bonds. The molecule has 1 saturated carbocycles.